The Hall–Kier alpha value is -3.30. The van der Waals surface area contributed by atoms with E-state index in [0.29, 0.717) is 28.9 Å². The first-order valence-electron chi connectivity index (χ1n) is 15.4. The largest absolute Gasteiger partial charge is 0.495 e. The van der Waals surface area contributed by atoms with Gasteiger partial charge in [-0.3, -0.25) is 10.2 Å². The summed E-state index contributed by atoms with van der Waals surface area (Å²) in [6, 6.07) is 5.85. The molecule has 1 aliphatic carbocycles. The van der Waals surface area contributed by atoms with Crippen molar-refractivity contribution in [3.8, 4) is 5.75 Å². The van der Waals surface area contributed by atoms with E-state index in [0.717, 1.165) is 69.2 Å². The van der Waals surface area contributed by atoms with Crippen LogP contribution < -0.4 is 15.5 Å². The number of nitrogens with zero attached hydrogens (tertiary/aromatic N) is 5. The Morgan fingerprint density at radius 2 is 1.86 bits per heavy atom. The predicted octanol–water partition coefficient (Wildman–Crippen LogP) is 5.28. The molecule has 4 rings (SSSR count). The van der Waals surface area contributed by atoms with Crippen molar-refractivity contribution >= 4 is 17.4 Å². The highest BCUT2D eigenvalue weighted by Gasteiger charge is 2.40. The minimum Gasteiger partial charge on any atom is -0.495 e. The van der Waals surface area contributed by atoms with Crippen molar-refractivity contribution in [3.63, 3.8) is 0 Å². The summed E-state index contributed by atoms with van der Waals surface area (Å²) in [7, 11) is 5.79. The quantitative estimate of drug-likeness (QED) is 0.435. The molecule has 2 N–H and O–H groups in total. The topological polar surface area (TPSA) is 75.7 Å². The van der Waals surface area contributed by atoms with Crippen molar-refractivity contribution in [3.05, 3.63) is 60.2 Å². The van der Waals surface area contributed by atoms with Crippen LogP contribution in [-0.4, -0.2) is 91.4 Å². The van der Waals surface area contributed by atoms with E-state index in [2.05, 4.69) is 79.5 Å². The molecule has 2 aliphatic heterocycles. The zero-order valence-electron chi connectivity index (χ0n) is 26.6. The van der Waals surface area contributed by atoms with Crippen molar-refractivity contribution in [1.29, 1.82) is 0 Å². The van der Waals surface area contributed by atoms with E-state index in [1.807, 2.05) is 11.1 Å². The molecule has 1 amide bonds. The van der Waals surface area contributed by atoms with E-state index in [1.54, 1.807) is 19.2 Å². The zero-order chi connectivity index (χ0) is 30.4. The Morgan fingerprint density at radius 3 is 2.48 bits per heavy atom. The summed E-state index contributed by atoms with van der Waals surface area (Å²) in [5.41, 5.74) is 6.34. The number of hydrogen-bond acceptors (Lipinski definition) is 7. The Bertz CT molecular complexity index is 1210. The van der Waals surface area contributed by atoms with Crippen LogP contribution in [0.3, 0.4) is 0 Å². The van der Waals surface area contributed by atoms with E-state index in [1.165, 1.54) is 19.3 Å². The molecule has 3 aliphatic rings. The van der Waals surface area contributed by atoms with Crippen LogP contribution in [0.1, 0.15) is 69.7 Å². The minimum absolute atomic E-state index is 0.0732. The van der Waals surface area contributed by atoms with Gasteiger partial charge in [0.15, 0.2) is 5.84 Å². The van der Waals surface area contributed by atoms with Crippen molar-refractivity contribution in [2.24, 2.45) is 10.4 Å². The van der Waals surface area contributed by atoms with Gasteiger partial charge < -0.3 is 24.8 Å². The van der Waals surface area contributed by atoms with Gasteiger partial charge in [0, 0.05) is 62.5 Å². The first-order valence-corrected chi connectivity index (χ1v) is 15.4. The average Bonchev–Trinajstić information content (AvgIpc) is 3.07. The molecule has 230 valence electrons. The summed E-state index contributed by atoms with van der Waals surface area (Å²) in [6.07, 6.45) is 9.23. The van der Waals surface area contributed by atoms with Crippen LogP contribution >= 0.6 is 0 Å². The Labute approximate surface area is 252 Å². The first kappa shape index (κ1) is 31.6. The monoisotopic (exact) mass is 577 g/mol. The number of carbonyl (C=O) groups is 1. The summed E-state index contributed by atoms with van der Waals surface area (Å²) in [6.45, 7) is 19.8. The third-order valence-electron chi connectivity index (χ3n) is 9.30. The third-order valence-corrected chi connectivity index (χ3v) is 9.30. The standard InChI is InChI=1S/C33H51N7O2/c1-9-29-31(40(27-14-12-11-13-15-27)23-33(5,10-2)24(3)38(29)7)35-25(4)34-28-17-16-26(22-30(28)42-8)32(41)36-39-20-18-37(6)19-21-39/h9,16-17,22,27,34H,3-4,10-15,18-21,23H2,1-2,5-8H3,(H,36,41)/b29-9+,35-31+. The number of piperazine rings is 1. The van der Waals surface area contributed by atoms with Gasteiger partial charge in [-0.1, -0.05) is 52.3 Å². The smallest absolute Gasteiger partial charge is 0.265 e. The van der Waals surface area contributed by atoms with Gasteiger partial charge in [0.05, 0.1) is 18.5 Å². The lowest BCUT2D eigenvalue weighted by Gasteiger charge is -2.40. The number of nitrogens with one attached hydrogen (secondary N) is 2. The Balaban J connectivity index is 1.59. The second-order valence-electron chi connectivity index (χ2n) is 12.2. The molecule has 0 aromatic heterocycles. The number of hydrazine groups is 1. The number of rotatable bonds is 8. The first-order chi connectivity index (χ1) is 20.1. The fraction of sp³-hybridized carbons (Fsp3) is 0.576. The molecule has 1 saturated carbocycles. The summed E-state index contributed by atoms with van der Waals surface area (Å²) >= 11 is 0. The summed E-state index contributed by atoms with van der Waals surface area (Å²) in [5, 5.41) is 5.33. The number of methoxy groups -OCH3 is 1. The van der Waals surface area contributed by atoms with E-state index in [9.17, 15) is 4.79 Å². The number of allylic oxidation sites excluding steroid dienone is 1. The Morgan fingerprint density at radius 1 is 1.17 bits per heavy atom. The normalized spacial score (nSPS) is 25.0. The van der Waals surface area contributed by atoms with Crippen molar-refractivity contribution in [2.45, 2.75) is 65.3 Å². The highest BCUT2D eigenvalue weighted by Crippen LogP contribution is 2.40. The molecule has 9 nitrogen and oxygen atoms in total. The molecule has 0 spiro atoms. The number of ether oxygens (including phenoxy) is 1. The van der Waals surface area contributed by atoms with Gasteiger partial charge in [0.1, 0.15) is 11.6 Å². The van der Waals surface area contributed by atoms with Crippen LogP contribution in [0.2, 0.25) is 0 Å². The third kappa shape index (κ3) is 7.01. The number of anilines is 1. The van der Waals surface area contributed by atoms with E-state index < -0.39 is 0 Å². The van der Waals surface area contributed by atoms with Crippen LogP contribution in [0.15, 0.2) is 59.6 Å². The molecule has 42 heavy (non-hydrogen) atoms. The Kier molecular flexibility index (Phi) is 10.4. The van der Waals surface area contributed by atoms with Gasteiger partial charge in [0.2, 0.25) is 0 Å². The number of amides is 1. The number of carbonyl (C=O) groups excluding carboxylic acids is 1. The highest BCUT2D eigenvalue weighted by molar-refractivity contribution is 5.99. The van der Waals surface area contributed by atoms with Crippen LogP contribution in [0.25, 0.3) is 0 Å². The lowest BCUT2D eigenvalue weighted by atomic mass is 9.82. The molecule has 2 saturated heterocycles. The van der Waals surface area contributed by atoms with Gasteiger partial charge in [-0.15, -0.1) is 0 Å². The molecule has 1 unspecified atom stereocenters. The number of hydrogen-bond donors (Lipinski definition) is 2. The zero-order valence-corrected chi connectivity index (χ0v) is 26.6. The summed E-state index contributed by atoms with van der Waals surface area (Å²) in [4.78, 5) is 25.1. The SMILES string of the molecule is C=C(/N=C1\C(=C/C)N(C)C(=C)C(C)(CC)CN1C1CCCCC1)Nc1ccc(C(=O)NN2CCN(C)CC2)cc1OC. The molecule has 2 heterocycles. The maximum absolute atomic E-state index is 13.0. The highest BCUT2D eigenvalue weighted by atomic mass is 16.5. The molecule has 9 heteroatoms. The number of aliphatic imine (C=N–C) groups is 1. The summed E-state index contributed by atoms with van der Waals surface area (Å²) in [5.74, 6) is 1.84. The lowest BCUT2D eigenvalue weighted by molar-refractivity contribution is 0.0662. The van der Waals surface area contributed by atoms with Gasteiger partial charge in [-0.05, 0) is 51.4 Å². The fourth-order valence-corrected chi connectivity index (χ4v) is 6.22. The predicted molar refractivity (Wildman–Crippen MR) is 172 cm³/mol. The van der Waals surface area contributed by atoms with Crippen molar-refractivity contribution < 1.29 is 9.53 Å². The number of likely N-dealkylation sites (N-methyl/N-ethyl adjacent to an activating group) is 2. The van der Waals surface area contributed by atoms with Crippen molar-refractivity contribution in [1.82, 2.24) is 25.1 Å². The average molecular weight is 578 g/mol. The number of amidine groups is 1. The van der Waals surface area contributed by atoms with Crippen LogP contribution in [0.5, 0.6) is 5.75 Å². The second-order valence-corrected chi connectivity index (χ2v) is 12.2. The fourth-order valence-electron chi connectivity index (χ4n) is 6.22. The second kappa shape index (κ2) is 13.8. The lowest BCUT2D eigenvalue weighted by Crippen LogP contribution is -2.52. The molecular weight excluding hydrogens is 526 g/mol. The van der Waals surface area contributed by atoms with E-state index >= 15 is 0 Å². The van der Waals surface area contributed by atoms with Crippen LogP contribution in [0.4, 0.5) is 5.69 Å². The molecule has 1 aromatic carbocycles. The van der Waals surface area contributed by atoms with E-state index in [-0.39, 0.29) is 11.3 Å². The number of benzene rings is 1. The maximum Gasteiger partial charge on any atom is 0.265 e. The molecule has 0 radical (unpaired) electrons. The maximum atomic E-state index is 13.0. The van der Waals surface area contributed by atoms with Crippen molar-refractivity contribution in [2.75, 3.05) is 59.2 Å². The van der Waals surface area contributed by atoms with Crippen LogP contribution in [-0.2, 0) is 0 Å². The van der Waals surface area contributed by atoms with Gasteiger partial charge in [-0.25, -0.2) is 10.0 Å². The van der Waals surface area contributed by atoms with E-state index in [4.69, 9.17) is 9.73 Å². The van der Waals surface area contributed by atoms with Gasteiger partial charge in [-0.2, -0.15) is 0 Å². The molecule has 3 fully saturated rings. The summed E-state index contributed by atoms with van der Waals surface area (Å²) < 4.78 is 5.69. The van der Waals surface area contributed by atoms with Gasteiger partial charge in [0.25, 0.3) is 5.91 Å². The van der Waals surface area contributed by atoms with Crippen LogP contribution in [0, 0.1) is 5.41 Å². The molecule has 1 atom stereocenters. The minimum atomic E-state index is -0.148. The molecule has 1 aromatic rings. The van der Waals surface area contributed by atoms with Gasteiger partial charge >= 0.3 is 0 Å². The molecule has 0 bridgehead atoms. The molecular formula is C33H51N7O2.